The molecule has 0 aliphatic carbocycles. The van der Waals surface area contributed by atoms with E-state index in [1.54, 1.807) is 0 Å². The summed E-state index contributed by atoms with van der Waals surface area (Å²) >= 11 is 0. The number of unbranched alkanes of at least 4 members (excludes halogenated alkanes) is 27. The van der Waals surface area contributed by atoms with E-state index in [1.807, 2.05) is 0 Å². The molecule has 0 bridgehead atoms. The predicted molar refractivity (Wildman–Crippen MR) is 270 cm³/mol. The van der Waals surface area contributed by atoms with Gasteiger partial charge in [-0.15, -0.1) is 0 Å². The number of rotatable bonds is 48. The van der Waals surface area contributed by atoms with E-state index in [0.29, 0.717) is 19.3 Å². The third-order valence-electron chi connectivity index (χ3n) is 11.5. The maximum Gasteiger partial charge on any atom is 0.306 e. The van der Waals surface area contributed by atoms with Crippen LogP contribution in [0, 0.1) is 0 Å². The first-order chi connectivity index (χ1) is 31.0. The molecular formula is C57H100O6. The highest BCUT2D eigenvalue weighted by atomic mass is 16.6. The van der Waals surface area contributed by atoms with Crippen molar-refractivity contribution in [1.82, 2.24) is 0 Å². The summed E-state index contributed by atoms with van der Waals surface area (Å²) in [5.41, 5.74) is 0. The third kappa shape index (κ3) is 50.0. The average Bonchev–Trinajstić information content (AvgIpc) is 3.28. The summed E-state index contributed by atoms with van der Waals surface area (Å²) in [5, 5.41) is 0. The second-order valence-corrected chi connectivity index (χ2v) is 17.8. The van der Waals surface area contributed by atoms with Crippen LogP contribution in [0.4, 0.5) is 0 Å². The third-order valence-corrected chi connectivity index (χ3v) is 11.5. The number of ether oxygens (including phenoxy) is 3. The molecule has 0 amide bonds. The van der Waals surface area contributed by atoms with Gasteiger partial charge in [0.05, 0.1) is 0 Å². The van der Waals surface area contributed by atoms with Gasteiger partial charge < -0.3 is 14.2 Å². The van der Waals surface area contributed by atoms with Crippen LogP contribution in [0.1, 0.15) is 265 Å². The Kier molecular flexibility index (Phi) is 49.4. The van der Waals surface area contributed by atoms with Gasteiger partial charge in [-0.1, -0.05) is 197 Å². The van der Waals surface area contributed by atoms with Crippen LogP contribution in [0.15, 0.2) is 60.8 Å². The maximum absolute atomic E-state index is 12.8. The van der Waals surface area contributed by atoms with Crippen LogP contribution < -0.4 is 0 Å². The van der Waals surface area contributed by atoms with Crippen LogP contribution in [0.3, 0.4) is 0 Å². The van der Waals surface area contributed by atoms with Crippen LogP contribution in [-0.4, -0.2) is 37.2 Å². The van der Waals surface area contributed by atoms with E-state index in [0.717, 1.165) is 96.3 Å². The van der Waals surface area contributed by atoms with Gasteiger partial charge in [0, 0.05) is 19.3 Å². The number of hydrogen-bond donors (Lipinski definition) is 0. The van der Waals surface area contributed by atoms with Gasteiger partial charge >= 0.3 is 17.9 Å². The molecule has 0 aliphatic rings. The molecule has 0 rings (SSSR count). The number of carbonyl (C=O) groups is 3. The van der Waals surface area contributed by atoms with E-state index in [1.165, 1.54) is 128 Å². The summed E-state index contributed by atoms with van der Waals surface area (Å²) < 4.78 is 16.8. The fourth-order valence-electron chi connectivity index (χ4n) is 7.38. The van der Waals surface area contributed by atoms with Gasteiger partial charge in [-0.3, -0.25) is 14.4 Å². The molecule has 0 unspecified atom stereocenters. The molecule has 0 N–H and O–H groups in total. The molecule has 0 aromatic heterocycles. The summed E-state index contributed by atoms with van der Waals surface area (Å²) in [5.74, 6) is -0.911. The van der Waals surface area contributed by atoms with Gasteiger partial charge in [0.1, 0.15) is 13.2 Å². The number of hydrogen-bond acceptors (Lipinski definition) is 6. The molecule has 0 radical (unpaired) electrons. The van der Waals surface area contributed by atoms with Crippen molar-refractivity contribution in [3.8, 4) is 0 Å². The number of carbonyl (C=O) groups excluding carboxylic acids is 3. The first-order valence-electron chi connectivity index (χ1n) is 26.8. The fraction of sp³-hybridized carbons (Fsp3) is 0.772. The summed E-state index contributed by atoms with van der Waals surface area (Å²) in [6, 6.07) is 0. The first-order valence-corrected chi connectivity index (χ1v) is 26.8. The minimum absolute atomic E-state index is 0.0859. The highest BCUT2D eigenvalue weighted by Gasteiger charge is 2.19. The molecule has 0 aromatic rings. The summed E-state index contributed by atoms with van der Waals surface area (Å²) in [7, 11) is 0. The SMILES string of the molecule is CCCCC/C=C\C/C=C\C/C=C\CCCCCCCCC(=O)OC[C@@H](COC(=O)CCCCCCC/C=C\CCCCC)OC(=O)CCCCCCC/C=C\CCCCCCC. The van der Waals surface area contributed by atoms with Crippen LogP contribution in [-0.2, 0) is 28.6 Å². The predicted octanol–water partition coefficient (Wildman–Crippen LogP) is 17.6. The molecule has 364 valence electrons. The van der Waals surface area contributed by atoms with Crippen LogP contribution >= 0.6 is 0 Å². The topological polar surface area (TPSA) is 78.9 Å². The van der Waals surface area contributed by atoms with Crippen LogP contribution in [0.5, 0.6) is 0 Å². The molecule has 6 nitrogen and oxygen atoms in total. The molecule has 0 spiro atoms. The summed E-state index contributed by atoms with van der Waals surface area (Å²) in [4.78, 5) is 38.0. The lowest BCUT2D eigenvalue weighted by Gasteiger charge is -2.18. The normalized spacial score (nSPS) is 12.5. The summed E-state index contributed by atoms with van der Waals surface area (Å²) in [6.07, 6.45) is 63.4. The molecule has 0 aromatic carbocycles. The Morgan fingerprint density at radius 2 is 0.571 bits per heavy atom. The Morgan fingerprint density at radius 3 is 0.937 bits per heavy atom. The van der Waals surface area contributed by atoms with Gasteiger partial charge in [-0.25, -0.2) is 0 Å². The standard InChI is InChI=1S/C57H100O6/c1-4-7-10-13-16-19-22-25-27-28-29-30-31-33-35-38-41-44-47-50-56(59)62-53-54(52-61-55(58)49-46-43-40-37-34-24-21-18-15-12-9-6-3)63-57(60)51-48-45-42-39-36-32-26-23-20-17-14-11-8-5-2/h16,18-19,21,23,25-27,29-30,54H,4-15,17,20,22,24,28,31-53H2,1-3H3/b19-16-,21-18-,26-23-,27-25-,30-29-/t54-/m1/s1. The van der Waals surface area contributed by atoms with Gasteiger partial charge in [0.15, 0.2) is 6.10 Å². The second-order valence-electron chi connectivity index (χ2n) is 17.8. The molecule has 0 fully saturated rings. The van der Waals surface area contributed by atoms with E-state index >= 15 is 0 Å². The van der Waals surface area contributed by atoms with E-state index in [-0.39, 0.29) is 31.1 Å². The lowest BCUT2D eigenvalue weighted by molar-refractivity contribution is -0.167. The number of allylic oxidation sites excluding steroid dienone is 10. The smallest absolute Gasteiger partial charge is 0.306 e. The Balaban J connectivity index is 4.39. The zero-order valence-corrected chi connectivity index (χ0v) is 41.6. The first kappa shape index (κ1) is 60.1. The zero-order chi connectivity index (χ0) is 45.8. The lowest BCUT2D eigenvalue weighted by Crippen LogP contribution is -2.30. The largest absolute Gasteiger partial charge is 0.462 e. The Hall–Kier alpha value is -2.89. The van der Waals surface area contributed by atoms with Gasteiger partial charge in [-0.05, 0) is 109 Å². The van der Waals surface area contributed by atoms with Crippen LogP contribution in [0.25, 0.3) is 0 Å². The van der Waals surface area contributed by atoms with Gasteiger partial charge in [0.25, 0.3) is 0 Å². The average molecular weight is 881 g/mol. The van der Waals surface area contributed by atoms with E-state index in [4.69, 9.17) is 14.2 Å². The molecule has 63 heavy (non-hydrogen) atoms. The van der Waals surface area contributed by atoms with E-state index < -0.39 is 6.10 Å². The summed E-state index contributed by atoms with van der Waals surface area (Å²) in [6.45, 7) is 6.56. The van der Waals surface area contributed by atoms with Crippen molar-refractivity contribution in [3.05, 3.63) is 60.8 Å². The molecule has 0 saturated carbocycles. The second kappa shape index (κ2) is 51.7. The molecule has 0 heterocycles. The van der Waals surface area contributed by atoms with Crippen molar-refractivity contribution in [2.45, 2.75) is 271 Å². The highest BCUT2D eigenvalue weighted by Crippen LogP contribution is 2.14. The highest BCUT2D eigenvalue weighted by molar-refractivity contribution is 5.71. The van der Waals surface area contributed by atoms with E-state index in [2.05, 4.69) is 81.5 Å². The Bertz CT molecular complexity index is 1150. The van der Waals surface area contributed by atoms with E-state index in [9.17, 15) is 14.4 Å². The van der Waals surface area contributed by atoms with Crippen molar-refractivity contribution < 1.29 is 28.6 Å². The maximum atomic E-state index is 12.8. The Morgan fingerprint density at radius 1 is 0.317 bits per heavy atom. The molecule has 0 aliphatic heterocycles. The lowest BCUT2D eigenvalue weighted by atomic mass is 10.1. The zero-order valence-electron chi connectivity index (χ0n) is 41.6. The molecule has 1 atom stereocenters. The van der Waals surface area contributed by atoms with Crippen molar-refractivity contribution in [2.75, 3.05) is 13.2 Å². The Labute approximate surface area is 390 Å². The molecular weight excluding hydrogens is 781 g/mol. The van der Waals surface area contributed by atoms with Crippen molar-refractivity contribution in [1.29, 1.82) is 0 Å². The van der Waals surface area contributed by atoms with Gasteiger partial charge in [0.2, 0.25) is 0 Å². The minimum Gasteiger partial charge on any atom is -0.462 e. The minimum atomic E-state index is -0.786. The van der Waals surface area contributed by atoms with Crippen LogP contribution in [0.2, 0.25) is 0 Å². The number of esters is 3. The van der Waals surface area contributed by atoms with Crippen molar-refractivity contribution in [3.63, 3.8) is 0 Å². The fourth-order valence-corrected chi connectivity index (χ4v) is 7.38. The van der Waals surface area contributed by atoms with Gasteiger partial charge in [-0.2, -0.15) is 0 Å². The quantitative estimate of drug-likeness (QED) is 0.0262. The molecule has 0 saturated heterocycles. The molecule has 6 heteroatoms. The monoisotopic (exact) mass is 881 g/mol. The van der Waals surface area contributed by atoms with Crippen molar-refractivity contribution >= 4 is 17.9 Å². The van der Waals surface area contributed by atoms with Crippen molar-refractivity contribution in [2.24, 2.45) is 0 Å².